The number of hydrogen-bond acceptors (Lipinski definition) is 5. The Morgan fingerprint density at radius 3 is 2.74 bits per heavy atom. The lowest BCUT2D eigenvalue weighted by atomic mass is 10.2. The number of hydrogen-bond donors (Lipinski definition) is 2. The Bertz CT molecular complexity index is 715. The minimum absolute atomic E-state index is 0.583. The average molecular weight is 368 g/mol. The minimum Gasteiger partial charge on any atom is -0.378 e. The van der Waals surface area contributed by atoms with Crippen LogP contribution in [0.3, 0.4) is 0 Å². The molecule has 1 fully saturated rings. The third-order valence-corrected chi connectivity index (χ3v) is 4.33. The summed E-state index contributed by atoms with van der Waals surface area (Å²) in [7, 11) is 0. The molecule has 27 heavy (non-hydrogen) atoms. The maximum Gasteiger partial charge on any atom is 0.191 e. The van der Waals surface area contributed by atoms with Crippen molar-refractivity contribution in [3.05, 3.63) is 54.0 Å². The molecule has 0 radical (unpaired) electrons. The fraction of sp³-hybridized carbons (Fsp3) is 0.450. The van der Waals surface area contributed by atoms with Gasteiger partial charge in [-0.3, -0.25) is 4.98 Å². The first kappa shape index (κ1) is 19.1. The van der Waals surface area contributed by atoms with Gasteiger partial charge >= 0.3 is 0 Å². The van der Waals surface area contributed by atoms with E-state index in [1.165, 1.54) is 0 Å². The van der Waals surface area contributed by atoms with Crippen molar-refractivity contribution in [2.45, 2.75) is 19.9 Å². The van der Waals surface area contributed by atoms with Crippen LogP contribution in [-0.4, -0.2) is 55.3 Å². The van der Waals surface area contributed by atoms with E-state index in [-0.39, 0.29) is 0 Å². The van der Waals surface area contributed by atoms with E-state index in [0.717, 1.165) is 68.8 Å². The summed E-state index contributed by atoms with van der Waals surface area (Å²) in [5.74, 6) is 1.82. The normalized spacial score (nSPS) is 14.9. The molecule has 2 N–H and O–H groups in total. The second-order valence-electron chi connectivity index (χ2n) is 6.28. The topological polar surface area (TPSA) is 74.7 Å². The van der Waals surface area contributed by atoms with E-state index in [0.29, 0.717) is 6.54 Å². The monoisotopic (exact) mass is 368 g/mol. The smallest absolute Gasteiger partial charge is 0.191 e. The van der Waals surface area contributed by atoms with Crippen LogP contribution in [0.5, 0.6) is 0 Å². The summed E-state index contributed by atoms with van der Waals surface area (Å²) in [4.78, 5) is 16.0. The first-order valence-electron chi connectivity index (χ1n) is 9.55. The summed E-state index contributed by atoms with van der Waals surface area (Å²) in [6.07, 6.45) is 4.52. The molecule has 0 bridgehead atoms. The molecule has 0 saturated carbocycles. The molecule has 0 aliphatic carbocycles. The minimum atomic E-state index is 0.583. The number of aromatic nitrogens is 2. The molecule has 0 unspecified atom stereocenters. The van der Waals surface area contributed by atoms with Crippen molar-refractivity contribution in [2.24, 2.45) is 4.99 Å². The number of morpholine rings is 1. The highest BCUT2D eigenvalue weighted by molar-refractivity contribution is 5.79. The standard InChI is InChI=1S/C20H28N6O/c1-2-21-20(24-11-8-18-7-3-4-9-22-18)25-16-17-6-5-10-23-19(17)26-12-14-27-15-13-26/h3-7,9-10H,2,8,11-16H2,1H3,(H2,21,24,25). The summed E-state index contributed by atoms with van der Waals surface area (Å²) in [5, 5.41) is 6.69. The highest BCUT2D eigenvalue weighted by Crippen LogP contribution is 2.19. The van der Waals surface area contributed by atoms with Gasteiger partial charge in [-0.15, -0.1) is 0 Å². The second kappa shape index (κ2) is 10.5. The van der Waals surface area contributed by atoms with Gasteiger partial charge in [0.2, 0.25) is 0 Å². The molecular formula is C20H28N6O. The number of nitrogens with one attached hydrogen (secondary N) is 2. The van der Waals surface area contributed by atoms with Crippen LogP contribution < -0.4 is 15.5 Å². The molecule has 3 heterocycles. The highest BCUT2D eigenvalue weighted by Gasteiger charge is 2.15. The first-order valence-corrected chi connectivity index (χ1v) is 9.55. The van der Waals surface area contributed by atoms with Gasteiger partial charge in [0.1, 0.15) is 5.82 Å². The zero-order valence-corrected chi connectivity index (χ0v) is 15.9. The van der Waals surface area contributed by atoms with Crippen molar-refractivity contribution in [3.63, 3.8) is 0 Å². The SMILES string of the molecule is CCNC(=NCc1cccnc1N1CCOCC1)NCCc1ccccn1. The van der Waals surface area contributed by atoms with Gasteiger partial charge in [0.05, 0.1) is 19.8 Å². The van der Waals surface area contributed by atoms with Crippen molar-refractivity contribution in [1.82, 2.24) is 20.6 Å². The van der Waals surface area contributed by atoms with E-state index < -0.39 is 0 Å². The predicted octanol–water partition coefficient (Wildman–Crippen LogP) is 1.61. The molecule has 2 aromatic rings. The zero-order chi connectivity index (χ0) is 18.7. The van der Waals surface area contributed by atoms with Crippen LogP contribution in [0.15, 0.2) is 47.7 Å². The van der Waals surface area contributed by atoms with Crippen LogP contribution in [0.25, 0.3) is 0 Å². The molecule has 0 amide bonds. The molecule has 0 spiro atoms. The molecule has 1 aliphatic heterocycles. The molecule has 1 aliphatic rings. The summed E-state index contributed by atoms with van der Waals surface area (Å²) in [5.41, 5.74) is 2.20. The lowest BCUT2D eigenvalue weighted by Gasteiger charge is -2.29. The quantitative estimate of drug-likeness (QED) is 0.571. The third kappa shape index (κ3) is 5.92. The molecule has 0 atom stereocenters. The first-order chi connectivity index (χ1) is 13.4. The molecule has 7 nitrogen and oxygen atoms in total. The Kier molecular flexibility index (Phi) is 7.41. The Hall–Kier alpha value is -2.67. The van der Waals surface area contributed by atoms with Crippen molar-refractivity contribution >= 4 is 11.8 Å². The Morgan fingerprint density at radius 2 is 1.96 bits per heavy atom. The fourth-order valence-corrected chi connectivity index (χ4v) is 2.97. The number of pyridine rings is 2. The largest absolute Gasteiger partial charge is 0.378 e. The van der Waals surface area contributed by atoms with Crippen LogP contribution in [0.2, 0.25) is 0 Å². The lowest BCUT2D eigenvalue weighted by Crippen LogP contribution is -2.38. The Morgan fingerprint density at radius 1 is 1.11 bits per heavy atom. The Labute approximate surface area is 160 Å². The van der Waals surface area contributed by atoms with Crippen LogP contribution in [0, 0.1) is 0 Å². The summed E-state index contributed by atoms with van der Waals surface area (Å²) in [6.45, 7) is 7.49. The highest BCUT2D eigenvalue weighted by atomic mass is 16.5. The van der Waals surface area contributed by atoms with E-state index in [1.807, 2.05) is 36.7 Å². The molecule has 7 heteroatoms. The van der Waals surface area contributed by atoms with Gasteiger partial charge in [0.25, 0.3) is 0 Å². The van der Waals surface area contributed by atoms with Crippen LogP contribution in [0.4, 0.5) is 5.82 Å². The summed E-state index contributed by atoms with van der Waals surface area (Å²) >= 11 is 0. The molecule has 1 saturated heterocycles. The maximum absolute atomic E-state index is 5.45. The van der Waals surface area contributed by atoms with Gasteiger partial charge in [0, 0.05) is 56.3 Å². The van der Waals surface area contributed by atoms with E-state index in [2.05, 4.69) is 38.5 Å². The van der Waals surface area contributed by atoms with Crippen molar-refractivity contribution in [2.75, 3.05) is 44.3 Å². The second-order valence-corrected chi connectivity index (χ2v) is 6.28. The van der Waals surface area contributed by atoms with Crippen molar-refractivity contribution in [1.29, 1.82) is 0 Å². The van der Waals surface area contributed by atoms with Gasteiger partial charge in [-0.2, -0.15) is 0 Å². The number of anilines is 1. The van der Waals surface area contributed by atoms with Crippen molar-refractivity contribution in [3.8, 4) is 0 Å². The van der Waals surface area contributed by atoms with E-state index in [1.54, 1.807) is 0 Å². The number of aliphatic imine (C=N–C) groups is 1. The maximum atomic E-state index is 5.45. The molecule has 2 aromatic heterocycles. The van der Waals surface area contributed by atoms with Crippen LogP contribution in [0.1, 0.15) is 18.2 Å². The fourth-order valence-electron chi connectivity index (χ4n) is 2.97. The number of nitrogens with zero attached hydrogens (tertiary/aromatic N) is 4. The third-order valence-electron chi connectivity index (χ3n) is 4.33. The van der Waals surface area contributed by atoms with E-state index in [4.69, 9.17) is 9.73 Å². The van der Waals surface area contributed by atoms with Gasteiger partial charge < -0.3 is 20.3 Å². The summed E-state index contributed by atoms with van der Waals surface area (Å²) < 4.78 is 5.45. The number of guanidine groups is 1. The molecule has 0 aromatic carbocycles. The van der Waals surface area contributed by atoms with Crippen molar-refractivity contribution < 1.29 is 4.74 Å². The number of ether oxygens (including phenoxy) is 1. The van der Waals surface area contributed by atoms with Gasteiger partial charge in [0.15, 0.2) is 5.96 Å². The van der Waals surface area contributed by atoms with Crippen LogP contribution in [-0.2, 0) is 17.7 Å². The molecule has 144 valence electrons. The van der Waals surface area contributed by atoms with Gasteiger partial charge in [-0.25, -0.2) is 9.98 Å². The average Bonchev–Trinajstić information content (AvgIpc) is 2.74. The number of rotatable bonds is 7. The van der Waals surface area contributed by atoms with E-state index in [9.17, 15) is 0 Å². The molecule has 3 rings (SSSR count). The summed E-state index contributed by atoms with van der Waals surface area (Å²) in [6, 6.07) is 10.0. The zero-order valence-electron chi connectivity index (χ0n) is 15.9. The Balaban J connectivity index is 1.61. The van der Waals surface area contributed by atoms with Crippen LogP contribution >= 0.6 is 0 Å². The molecular weight excluding hydrogens is 340 g/mol. The van der Waals surface area contributed by atoms with E-state index >= 15 is 0 Å². The predicted molar refractivity (Wildman–Crippen MR) is 108 cm³/mol. The lowest BCUT2D eigenvalue weighted by molar-refractivity contribution is 0.122. The van der Waals surface area contributed by atoms with Gasteiger partial charge in [-0.05, 0) is 25.1 Å². The van der Waals surface area contributed by atoms with Gasteiger partial charge in [-0.1, -0.05) is 12.1 Å².